The number of rotatable bonds is 2. The lowest BCUT2D eigenvalue weighted by Gasteiger charge is -2.33. The first kappa shape index (κ1) is 9.65. The van der Waals surface area contributed by atoms with Crippen molar-refractivity contribution < 1.29 is 4.42 Å². The van der Waals surface area contributed by atoms with Gasteiger partial charge in [-0.15, -0.1) is 10.2 Å². The van der Waals surface area contributed by atoms with Crippen molar-refractivity contribution in [2.75, 3.05) is 13.1 Å². The van der Waals surface area contributed by atoms with Crippen LogP contribution in [-0.2, 0) is 0 Å². The summed E-state index contributed by atoms with van der Waals surface area (Å²) < 4.78 is 5.23. The summed E-state index contributed by atoms with van der Waals surface area (Å²) in [5.74, 6) is 1.29. The molecule has 0 aromatic carbocycles. The SMILES string of the molecule is CC(C)N1CCC(c2nnco2)CC1. The molecule has 14 heavy (non-hydrogen) atoms. The number of hydrogen-bond acceptors (Lipinski definition) is 4. The van der Waals surface area contributed by atoms with E-state index in [0.29, 0.717) is 12.0 Å². The first-order valence-corrected chi connectivity index (χ1v) is 5.27. The van der Waals surface area contributed by atoms with E-state index in [1.165, 1.54) is 6.39 Å². The summed E-state index contributed by atoms with van der Waals surface area (Å²) in [5, 5.41) is 7.70. The van der Waals surface area contributed by atoms with E-state index in [1.54, 1.807) is 0 Å². The zero-order valence-electron chi connectivity index (χ0n) is 8.81. The van der Waals surface area contributed by atoms with E-state index in [0.717, 1.165) is 31.8 Å². The highest BCUT2D eigenvalue weighted by Crippen LogP contribution is 2.26. The van der Waals surface area contributed by atoms with Crippen LogP contribution in [0.2, 0.25) is 0 Å². The highest BCUT2D eigenvalue weighted by atomic mass is 16.4. The van der Waals surface area contributed by atoms with Crippen LogP contribution in [0.5, 0.6) is 0 Å². The fourth-order valence-corrected chi connectivity index (χ4v) is 2.02. The predicted octanol–water partition coefficient (Wildman–Crippen LogP) is 1.66. The van der Waals surface area contributed by atoms with Crippen molar-refractivity contribution in [1.29, 1.82) is 0 Å². The van der Waals surface area contributed by atoms with Crippen molar-refractivity contribution in [2.24, 2.45) is 0 Å². The molecule has 0 bridgehead atoms. The largest absolute Gasteiger partial charge is 0.428 e. The number of nitrogens with zero attached hydrogens (tertiary/aromatic N) is 3. The monoisotopic (exact) mass is 195 g/mol. The minimum atomic E-state index is 0.479. The van der Waals surface area contributed by atoms with Crippen molar-refractivity contribution in [3.63, 3.8) is 0 Å². The molecular formula is C10H17N3O. The fourth-order valence-electron chi connectivity index (χ4n) is 2.02. The lowest BCUT2D eigenvalue weighted by molar-refractivity contribution is 0.163. The average molecular weight is 195 g/mol. The van der Waals surface area contributed by atoms with Crippen LogP contribution in [0.15, 0.2) is 10.8 Å². The van der Waals surface area contributed by atoms with Crippen LogP contribution in [0, 0.1) is 0 Å². The number of piperidine rings is 1. The molecule has 0 unspecified atom stereocenters. The maximum Gasteiger partial charge on any atom is 0.219 e. The van der Waals surface area contributed by atoms with Crippen LogP contribution in [0.4, 0.5) is 0 Å². The van der Waals surface area contributed by atoms with Gasteiger partial charge in [0.1, 0.15) is 0 Å². The minimum Gasteiger partial charge on any atom is -0.428 e. The van der Waals surface area contributed by atoms with Crippen molar-refractivity contribution in [3.8, 4) is 0 Å². The van der Waals surface area contributed by atoms with Gasteiger partial charge in [0.15, 0.2) is 0 Å². The second kappa shape index (κ2) is 4.09. The van der Waals surface area contributed by atoms with E-state index in [4.69, 9.17) is 4.42 Å². The molecule has 2 rings (SSSR count). The number of hydrogen-bond donors (Lipinski definition) is 0. The molecule has 1 fully saturated rings. The third kappa shape index (κ3) is 1.95. The highest BCUT2D eigenvalue weighted by Gasteiger charge is 2.24. The van der Waals surface area contributed by atoms with Gasteiger partial charge in [0.05, 0.1) is 0 Å². The zero-order chi connectivity index (χ0) is 9.97. The minimum absolute atomic E-state index is 0.479. The molecule has 0 aliphatic carbocycles. The Bertz CT molecular complexity index is 263. The Morgan fingerprint density at radius 3 is 2.64 bits per heavy atom. The molecule has 4 nitrogen and oxygen atoms in total. The van der Waals surface area contributed by atoms with Gasteiger partial charge in [-0.3, -0.25) is 0 Å². The van der Waals surface area contributed by atoms with Crippen LogP contribution >= 0.6 is 0 Å². The van der Waals surface area contributed by atoms with Crippen LogP contribution in [0.3, 0.4) is 0 Å². The van der Waals surface area contributed by atoms with Crippen LogP contribution < -0.4 is 0 Å². The standard InChI is InChI=1S/C10H17N3O/c1-8(2)13-5-3-9(4-6-13)10-12-11-7-14-10/h7-9H,3-6H2,1-2H3. The Morgan fingerprint density at radius 1 is 1.43 bits per heavy atom. The first-order valence-electron chi connectivity index (χ1n) is 5.27. The predicted molar refractivity (Wildman–Crippen MR) is 53.0 cm³/mol. The Balaban J connectivity index is 1.90. The molecular weight excluding hydrogens is 178 g/mol. The van der Waals surface area contributed by atoms with Crippen LogP contribution in [0.25, 0.3) is 0 Å². The van der Waals surface area contributed by atoms with E-state index in [2.05, 4.69) is 28.9 Å². The summed E-state index contributed by atoms with van der Waals surface area (Å²) in [6.45, 7) is 6.77. The normalized spacial score (nSPS) is 20.5. The van der Waals surface area contributed by atoms with Gasteiger partial charge >= 0.3 is 0 Å². The molecule has 0 spiro atoms. The zero-order valence-corrected chi connectivity index (χ0v) is 8.81. The van der Waals surface area contributed by atoms with Crippen LogP contribution in [0.1, 0.15) is 38.5 Å². The topological polar surface area (TPSA) is 42.2 Å². The number of aromatic nitrogens is 2. The van der Waals surface area contributed by atoms with Crippen molar-refractivity contribution in [3.05, 3.63) is 12.3 Å². The Hall–Kier alpha value is -0.900. The Labute approximate surface area is 84.3 Å². The molecule has 1 aliphatic heterocycles. The van der Waals surface area contributed by atoms with Gasteiger partial charge in [-0.25, -0.2) is 0 Å². The first-order chi connectivity index (χ1) is 6.77. The maximum absolute atomic E-state index is 5.23. The van der Waals surface area contributed by atoms with Gasteiger partial charge in [0.2, 0.25) is 12.3 Å². The van der Waals surface area contributed by atoms with Crippen LogP contribution in [-0.4, -0.2) is 34.2 Å². The molecule has 2 heterocycles. The van der Waals surface area contributed by atoms with E-state index in [9.17, 15) is 0 Å². The van der Waals surface area contributed by atoms with E-state index < -0.39 is 0 Å². The summed E-state index contributed by atoms with van der Waals surface area (Å²) >= 11 is 0. The van der Waals surface area contributed by atoms with Crippen molar-refractivity contribution in [2.45, 2.75) is 38.6 Å². The summed E-state index contributed by atoms with van der Waals surface area (Å²) in [4.78, 5) is 2.49. The molecule has 78 valence electrons. The summed E-state index contributed by atoms with van der Waals surface area (Å²) in [6, 6.07) is 0.652. The Kier molecular flexibility index (Phi) is 2.82. The van der Waals surface area contributed by atoms with Gasteiger partial charge in [0.25, 0.3) is 0 Å². The molecule has 0 N–H and O–H groups in total. The Morgan fingerprint density at radius 2 is 2.14 bits per heavy atom. The van der Waals surface area contributed by atoms with Crippen molar-refractivity contribution >= 4 is 0 Å². The molecule has 1 aromatic heterocycles. The molecule has 1 aliphatic rings. The van der Waals surface area contributed by atoms with Gasteiger partial charge < -0.3 is 9.32 Å². The summed E-state index contributed by atoms with van der Waals surface area (Å²) in [6.07, 6.45) is 3.70. The molecule has 0 radical (unpaired) electrons. The molecule has 0 saturated carbocycles. The summed E-state index contributed by atoms with van der Waals surface area (Å²) in [7, 11) is 0. The van der Waals surface area contributed by atoms with Crippen molar-refractivity contribution in [1.82, 2.24) is 15.1 Å². The maximum atomic E-state index is 5.23. The quantitative estimate of drug-likeness (QED) is 0.719. The van der Waals surface area contributed by atoms with E-state index >= 15 is 0 Å². The molecule has 4 heteroatoms. The van der Waals surface area contributed by atoms with Gasteiger partial charge in [0, 0.05) is 12.0 Å². The third-order valence-electron chi connectivity index (χ3n) is 2.99. The molecule has 1 saturated heterocycles. The fraction of sp³-hybridized carbons (Fsp3) is 0.800. The molecule has 1 aromatic rings. The van der Waals surface area contributed by atoms with Gasteiger partial charge in [-0.05, 0) is 39.8 Å². The molecule has 0 amide bonds. The third-order valence-corrected chi connectivity index (χ3v) is 2.99. The van der Waals surface area contributed by atoms with E-state index in [1.807, 2.05) is 0 Å². The second-order valence-corrected chi connectivity index (χ2v) is 4.18. The van der Waals surface area contributed by atoms with Gasteiger partial charge in [-0.1, -0.05) is 0 Å². The van der Waals surface area contributed by atoms with E-state index in [-0.39, 0.29) is 0 Å². The second-order valence-electron chi connectivity index (χ2n) is 4.18. The smallest absolute Gasteiger partial charge is 0.219 e. The number of likely N-dealkylation sites (tertiary alicyclic amines) is 1. The summed E-state index contributed by atoms with van der Waals surface area (Å²) in [5.41, 5.74) is 0. The lowest BCUT2D eigenvalue weighted by Crippen LogP contribution is -2.37. The highest BCUT2D eigenvalue weighted by molar-refractivity contribution is 4.92. The average Bonchev–Trinajstić information content (AvgIpc) is 2.71. The van der Waals surface area contributed by atoms with Gasteiger partial charge in [-0.2, -0.15) is 0 Å². The molecule has 0 atom stereocenters. The lowest BCUT2D eigenvalue weighted by atomic mass is 9.96.